The first kappa shape index (κ1) is 16.4. The summed E-state index contributed by atoms with van der Waals surface area (Å²) in [6.07, 6.45) is 0.700. The van der Waals surface area contributed by atoms with Crippen LogP contribution >= 0.6 is 0 Å². The van der Waals surface area contributed by atoms with Gasteiger partial charge in [-0.05, 0) is 32.4 Å². The summed E-state index contributed by atoms with van der Waals surface area (Å²) in [5, 5.41) is 0. The molecule has 1 aromatic heterocycles. The van der Waals surface area contributed by atoms with Gasteiger partial charge in [-0.15, -0.1) is 0 Å². The van der Waals surface area contributed by atoms with Crippen molar-refractivity contribution >= 4 is 16.9 Å². The van der Waals surface area contributed by atoms with Crippen LogP contribution in [0.1, 0.15) is 39.1 Å². The van der Waals surface area contributed by atoms with Crippen LogP contribution in [0.2, 0.25) is 0 Å². The van der Waals surface area contributed by atoms with E-state index in [2.05, 4.69) is 4.98 Å². The summed E-state index contributed by atoms with van der Waals surface area (Å²) in [7, 11) is 0. The fourth-order valence-corrected chi connectivity index (χ4v) is 2.56. The van der Waals surface area contributed by atoms with Gasteiger partial charge in [-0.1, -0.05) is 6.92 Å². The average molecular weight is 306 g/mol. The van der Waals surface area contributed by atoms with Crippen LogP contribution in [0.3, 0.4) is 0 Å². The second-order valence-corrected chi connectivity index (χ2v) is 5.27. The van der Waals surface area contributed by atoms with E-state index in [1.807, 2.05) is 25.3 Å². The Kier molecular flexibility index (Phi) is 5.13. The monoisotopic (exact) mass is 306 g/mol. The first-order valence-electron chi connectivity index (χ1n) is 7.70. The molecule has 1 aromatic carbocycles. The van der Waals surface area contributed by atoms with Crippen molar-refractivity contribution in [2.24, 2.45) is 5.73 Å². The highest BCUT2D eigenvalue weighted by molar-refractivity contribution is 5.81. The molecule has 1 amide bonds. The maximum atomic E-state index is 13.4. The lowest BCUT2D eigenvalue weighted by Crippen LogP contribution is -2.34. The van der Waals surface area contributed by atoms with Gasteiger partial charge in [-0.2, -0.15) is 0 Å². The molecule has 1 atom stereocenters. The Morgan fingerprint density at radius 1 is 1.36 bits per heavy atom. The number of aromatic nitrogens is 2. The summed E-state index contributed by atoms with van der Waals surface area (Å²) >= 11 is 0. The first-order valence-corrected chi connectivity index (χ1v) is 7.70. The number of fused-ring (bicyclic) bond motifs is 1. The van der Waals surface area contributed by atoms with E-state index < -0.39 is 0 Å². The maximum absolute atomic E-state index is 13.4. The van der Waals surface area contributed by atoms with Gasteiger partial charge in [-0.25, -0.2) is 9.37 Å². The van der Waals surface area contributed by atoms with Gasteiger partial charge < -0.3 is 15.2 Å². The molecule has 0 radical (unpaired) electrons. The number of benzene rings is 1. The van der Waals surface area contributed by atoms with Crippen LogP contribution in [-0.2, 0) is 11.3 Å². The number of nitrogens with zero attached hydrogens (tertiary/aromatic N) is 3. The molecule has 2 aromatic rings. The number of imidazole rings is 1. The number of rotatable bonds is 6. The van der Waals surface area contributed by atoms with Crippen molar-refractivity contribution in [1.29, 1.82) is 0 Å². The summed E-state index contributed by atoms with van der Waals surface area (Å²) in [5.74, 6) is 0.297. The van der Waals surface area contributed by atoms with Crippen molar-refractivity contribution in [3.63, 3.8) is 0 Å². The molecule has 0 aliphatic carbocycles. The highest BCUT2D eigenvalue weighted by Gasteiger charge is 2.20. The molecule has 120 valence electrons. The van der Waals surface area contributed by atoms with Crippen LogP contribution in [-0.4, -0.2) is 33.4 Å². The van der Waals surface area contributed by atoms with Gasteiger partial charge in [-0.3, -0.25) is 4.79 Å². The number of amides is 1. The molecule has 1 heterocycles. The minimum Gasteiger partial charge on any atom is -0.342 e. The van der Waals surface area contributed by atoms with Crippen molar-refractivity contribution in [3.8, 4) is 0 Å². The third-order valence-corrected chi connectivity index (χ3v) is 3.92. The van der Waals surface area contributed by atoms with Crippen molar-refractivity contribution < 1.29 is 9.18 Å². The van der Waals surface area contributed by atoms with E-state index in [1.165, 1.54) is 12.1 Å². The third-order valence-electron chi connectivity index (χ3n) is 3.92. The second-order valence-electron chi connectivity index (χ2n) is 5.27. The van der Waals surface area contributed by atoms with Crippen LogP contribution in [0.15, 0.2) is 18.2 Å². The van der Waals surface area contributed by atoms with Crippen molar-refractivity contribution in [3.05, 3.63) is 29.8 Å². The SMILES string of the molecule is CCC(N)c1nc2cc(F)ccc2n1CC(=O)N(CC)CC. The normalized spacial score (nSPS) is 12.6. The van der Waals surface area contributed by atoms with Gasteiger partial charge in [0.15, 0.2) is 0 Å². The Balaban J connectivity index is 2.47. The Hall–Kier alpha value is -1.95. The number of halogens is 1. The number of nitrogens with two attached hydrogens (primary N) is 1. The molecule has 0 saturated heterocycles. The highest BCUT2D eigenvalue weighted by Crippen LogP contribution is 2.22. The quantitative estimate of drug-likeness (QED) is 0.891. The van der Waals surface area contributed by atoms with Gasteiger partial charge in [0.1, 0.15) is 18.2 Å². The van der Waals surface area contributed by atoms with Gasteiger partial charge in [0, 0.05) is 19.2 Å². The highest BCUT2D eigenvalue weighted by atomic mass is 19.1. The first-order chi connectivity index (χ1) is 10.5. The van der Waals surface area contributed by atoms with E-state index >= 15 is 0 Å². The zero-order valence-electron chi connectivity index (χ0n) is 13.3. The van der Waals surface area contributed by atoms with E-state index in [0.717, 1.165) is 5.52 Å². The predicted molar refractivity (Wildman–Crippen MR) is 84.8 cm³/mol. The van der Waals surface area contributed by atoms with Crippen LogP contribution in [0.4, 0.5) is 4.39 Å². The van der Waals surface area contributed by atoms with E-state index in [4.69, 9.17) is 5.73 Å². The van der Waals surface area contributed by atoms with Gasteiger partial charge in [0.05, 0.1) is 17.1 Å². The summed E-state index contributed by atoms with van der Waals surface area (Å²) in [6.45, 7) is 7.34. The number of carbonyl (C=O) groups is 1. The fourth-order valence-electron chi connectivity index (χ4n) is 2.56. The topological polar surface area (TPSA) is 64.1 Å². The van der Waals surface area contributed by atoms with Crippen LogP contribution in [0.5, 0.6) is 0 Å². The second kappa shape index (κ2) is 6.87. The zero-order chi connectivity index (χ0) is 16.3. The minimum atomic E-state index is -0.344. The largest absolute Gasteiger partial charge is 0.342 e. The van der Waals surface area contributed by atoms with Crippen LogP contribution < -0.4 is 5.73 Å². The van der Waals surface area contributed by atoms with Gasteiger partial charge in [0.2, 0.25) is 5.91 Å². The fraction of sp³-hybridized carbons (Fsp3) is 0.500. The van der Waals surface area contributed by atoms with Gasteiger partial charge in [0.25, 0.3) is 0 Å². The van der Waals surface area contributed by atoms with Crippen molar-refractivity contribution in [2.45, 2.75) is 39.8 Å². The number of hydrogen-bond donors (Lipinski definition) is 1. The molecular weight excluding hydrogens is 283 g/mol. The summed E-state index contributed by atoms with van der Waals surface area (Å²) < 4.78 is 15.2. The molecule has 2 N–H and O–H groups in total. The zero-order valence-corrected chi connectivity index (χ0v) is 13.3. The average Bonchev–Trinajstić information content (AvgIpc) is 2.85. The van der Waals surface area contributed by atoms with E-state index in [1.54, 1.807) is 11.0 Å². The summed E-state index contributed by atoms with van der Waals surface area (Å²) in [5.41, 5.74) is 7.38. The molecular formula is C16H23FN4O. The molecule has 0 aliphatic rings. The Labute approximate surface area is 129 Å². The van der Waals surface area contributed by atoms with E-state index in [0.29, 0.717) is 30.9 Å². The number of likely N-dealkylation sites (N-methyl/N-ethyl adjacent to an activating group) is 1. The van der Waals surface area contributed by atoms with Crippen LogP contribution in [0.25, 0.3) is 11.0 Å². The lowest BCUT2D eigenvalue weighted by molar-refractivity contribution is -0.131. The van der Waals surface area contributed by atoms with Crippen LogP contribution in [0, 0.1) is 5.82 Å². The summed E-state index contributed by atoms with van der Waals surface area (Å²) in [6, 6.07) is 4.13. The van der Waals surface area contributed by atoms with Gasteiger partial charge >= 0.3 is 0 Å². The molecule has 22 heavy (non-hydrogen) atoms. The Morgan fingerprint density at radius 3 is 2.64 bits per heavy atom. The molecule has 5 nitrogen and oxygen atoms in total. The lowest BCUT2D eigenvalue weighted by atomic mass is 10.2. The smallest absolute Gasteiger partial charge is 0.242 e. The molecule has 0 aliphatic heterocycles. The van der Waals surface area contributed by atoms with Crippen molar-refractivity contribution in [2.75, 3.05) is 13.1 Å². The molecule has 0 spiro atoms. The Bertz CT molecular complexity index is 663. The predicted octanol–water partition coefficient (Wildman–Crippen LogP) is 2.45. The number of hydrogen-bond acceptors (Lipinski definition) is 3. The van der Waals surface area contributed by atoms with Crippen molar-refractivity contribution in [1.82, 2.24) is 14.5 Å². The molecule has 0 fully saturated rings. The molecule has 6 heteroatoms. The van der Waals surface area contributed by atoms with E-state index in [9.17, 15) is 9.18 Å². The molecule has 1 unspecified atom stereocenters. The lowest BCUT2D eigenvalue weighted by Gasteiger charge is -2.20. The molecule has 2 rings (SSSR count). The Morgan fingerprint density at radius 2 is 2.05 bits per heavy atom. The third kappa shape index (κ3) is 3.11. The maximum Gasteiger partial charge on any atom is 0.242 e. The minimum absolute atomic E-state index is 0.0122. The molecule has 0 saturated carbocycles. The molecule has 0 bridgehead atoms. The standard InChI is InChI=1S/C16H23FN4O/c1-4-12(18)16-19-13-9-11(17)7-8-14(13)21(16)10-15(22)20(5-2)6-3/h7-9,12H,4-6,10,18H2,1-3H3. The number of carbonyl (C=O) groups excluding carboxylic acids is 1. The summed E-state index contributed by atoms with van der Waals surface area (Å²) in [4.78, 5) is 18.6. The van der Waals surface area contributed by atoms with E-state index in [-0.39, 0.29) is 24.3 Å².